The number of nitrogens with one attached hydrogen (secondary N) is 1. The van der Waals surface area contributed by atoms with Gasteiger partial charge in [0.2, 0.25) is 16.0 Å². The second-order valence-electron chi connectivity index (χ2n) is 11.8. The number of nitriles is 1. The number of nitrogens with zero attached hydrogens (tertiary/aromatic N) is 9. The molecule has 2 aliphatic rings. The van der Waals surface area contributed by atoms with Gasteiger partial charge in [-0.1, -0.05) is 12.5 Å². The van der Waals surface area contributed by atoms with Crippen molar-refractivity contribution in [2.24, 2.45) is 0 Å². The van der Waals surface area contributed by atoms with Crippen LogP contribution in [-0.2, 0) is 16.6 Å². The molecule has 15 heteroatoms. The van der Waals surface area contributed by atoms with E-state index in [4.69, 9.17) is 9.47 Å². The van der Waals surface area contributed by atoms with E-state index < -0.39 is 10.0 Å². The normalized spacial score (nSPS) is 17.1. The monoisotopic (exact) mass is 658 g/mol. The van der Waals surface area contributed by atoms with Crippen molar-refractivity contribution in [3.63, 3.8) is 0 Å². The Labute approximate surface area is 274 Å². The molecule has 2 fully saturated rings. The summed E-state index contributed by atoms with van der Waals surface area (Å²) in [5, 5.41) is 23.9. The summed E-state index contributed by atoms with van der Waals surface area (Å²) in [7, 11) is -2.17. The van der Waals surface area contributed by atoms with Crippen LogP contribution in [0, 0.1) is 11.3 Å². The SMILES string of the molecule is COc1ccc(S(=O)(=O)N2CCC(N3CCCCC3)CC2)cc1Nc1ncc(-c2ccc(C#N)c(O[C@@H](C)Cn3cnnn3)c2)cn1. The quantitative estimate of drug-likeness (QED) is 0.248. The van der Waals surface area contributed by atoms with Crippen molar-refractivity contribution < 1.29 is 17.9 Å². The molecule has 0 amide bonds. The molecule has 2 saturated heterocycles. The van der Waals surface area contributed by atoms with Gasteiger partial charge in [-0.05, 0) is 92.0 Å². The maximum atomic E-state index is 13.7. The minimum atomic E-state index is -3.70. The molecule has 0 aliphatic carbocycles. The Morgan fingerprint density at radius 2 is 1.77 bits per heavy atom. The van der Waals surface area contributed by atoms with Crippen LogP contribution in [0.1, 0.15) is 44.6 Å². The lowest BCUT2D eigenvalue weighted by atomic mass is 10.0. The third-order valence-electron chi connectivity index (χ3n) is 8.64. The fourth-order valence-corrected chi connectivity index (χ4v) is 7.66. The minimum Gasteiger partial charge on any atom is -0.495 e. The van der Waals surface area contributed by atoms with Crippen LogP contribution >= 0.6 is 0 Å². The van der Waals surface area contributed by atoms with Crippen molar-refractivity contribution in [1.29, 1.82) is 5.26 Å². The van der Waals surface area contributed by atoms with Crippen LogP contribution in [0.4, 0.5) is 11.6 Å². The highest BCUT2D eigenvalue weighted by atomic mass is 32.2. The van der Waals surface area contributed by atoms with Crippen LogP contribution in [0.3, 0.4) is 0 Å². The molecule has 4 heterocycles. The van der Waals surface area contributed by atoms with Gasteiger partial charge in [0.05, 0.1) is 29.8 Å². The fraction of sp³-hybridized carbons (Fsp3) is 0.438. The first kappa shape index (κ1) is 32.3. The summed E-state index contributed by atoms with van der Waals surface area (Å²) in [5.74, 6) is 1.15. The lowest BCUT2D eigenvalue weighted by Crippen LogP contribution is -2.48. The van der Waals surface area contributed by atoms with Gasteiger partial charge in [-0.3, -0.25) is 0 Å². The van der Waals surface area contributed by atoms with Crippen molar-refractivity contribution in [3.05, 3.63) is 60.7 Å². The summed E-state index contributed by atoms with van der Waals surface area (Å²) in [6.45, 7) is 5.51. The molecule has 2 aromatic heterocycles. The molecule has 246 valence electrons. The van der Waals surface area contributed by atoms with Gasteiger partial charge in [-0.2, -0.15) is 9.57 Å². The number of benzene rings is 2. The number of aromatic nitrogens is 6. The second-order valence-corrected chi connectivity index (χ2v) is 13.7. The largest absolute Gasteiger partial charge is 0.495 e. The topological polar surface area (TPSA) is 164 Å². The smallest absolute Gasteiger partial charge is 0.243 e. The molecule has 47 heavy (non-hydrogen) atoms. The van der Waals surface area contributed by atoms with Gasteiger partial charge < -0.3 is 19.7 Å². The van der Waals surface area contributed by atoms with E-state index in [1.165, 1.54) is 32.7 Å². The number of piperidine rings is 2. The number of methoxy groups -OCH3 is 1. The third-order valence-corrected chi connectivity index (χ3v) is 10.5. The molecule has 14 nitrogen and oxygen atoms in total. The minimum absolute atomic E-state index is 0.188. The van der Waals surface area contributed by atoms with Crippen LogP contribution in [-0.4, -0.2) is 93.2 Å². The van der Waals surface area contributed by atoms with Gasteiger partial charge >= 0.3 is 0 Å². The summed E-state index contributed by atoms with van der Waals surface area (Å²) in [6, 6.07) is 12.7. The molecule has 2 aromatic carbocycles. The van der Waals surface area contributed by atoms with E-state index in [0.717, 1.165) is 31.5 Å². The summed E-state index contributed by atoms with van der Waals surface area (Å²) in [5.41, 5.74) is 2.30. The Balaban J connectivity index is 1.14. The Kier molecular flexibility index (Phi) is 9.90. The maximum absolute atomic E-state index is 13.7. The van der Waals surface area contributed by atoms with Gasteiger partial charge in [0, 0.05) is 37.1 Å². The molecule has 6 rings (SSSR count). The first-order valence-electron chi connectivity index (χ1n) is 15.8. The van der Waals surface area contributed by atoms with Crippen molar-refractivity contribution in [3.8, 4) is 28.7 Å². The van der Waals surface area contributed by atoms with Crippen LogP contribution in [0.25, 0.3) is 11.1 Å². The lowest BCUT2D eigenvalue weighted by Gasteiger charge is -2.39. The van der Waals surface area contributed by atoms with Crippen LogP contribution < -0.4 is 14.8 Å². The molecule has 0 bridgehead atoms. The Morgan fingerprint density at radius 3 is 2.45 bits per heavy atom. The number of anilines is 2. The predicted octanol–water partition coefficient (Wildman–Crippen LogP) is 3.86. The maximum Gasteiger partial charge on any atom is 0.243 e. The molecular formula is C32H38N10O4S. The molecule has 0 saturated carbocycles. The van der Waals surface area contributed by atoms with Crippen molar-refractivity contribution in [2.45, 2.75) is 62.6 Å². The van der Waals surface area contributed by atoms with E-state index >= 15 is 0 Å². The molecule has 1 atom stereocenters. The zero-order valence-corrected chi connectivity index (χ0v) is 27.3. The molecule has 1 N–H and O–H groups in total. The first-order chi connectivity index (χ1) is 22.8. The molecule has 2 aliphatic heterocycles. The van der Waals surface area contributed by atoms with Gasteiger partial charge in [0.15, 0.2) is 0 Å². The zero-order valence-electron chi connectivity index (χ0n) is 26.5. The van der Waals surface area contributed by atoms with Crippen molar-refractivity contribution in [1.82, 2.24) is 39.4 Å². The van der Waals surface area contributed by atoms with E-state index in [0.29, 0.717) is 54.0 Å². The van der Waals surface area contributed by atoms with Crippen molar-refractivity contribution in [2.75, 3.05) is 38.6 Å². The summed E-state index contributed by atoms with van der Waals surface area (Å²) in [4.78, 5) is 11.7. The summed E-state index contributed by atoms with van der Waals surface area (Å²) in [6.07, 6.45) is 9.90. The van der Waals surface area contributed by atoms with Gasteiger partial charge in [0.1, 0.15) is 30.0 Å². The summed E-state index contributed by atoms with van der Waals surface area (Å²) >= 11 is 0. The molecule has 0 unspecified atom stereocenters. The van der Waals surface area contributed by atoms with Crippen molar-refractivity contribution >= 4 is 21.7 Å². The predicted molar refractivity (Wildman–Crippen MR) is 174 cm³/mol. The zero-order chi connectivity index (χ0) is 32.8. The Hall–Kier alpha value is -4.65. The highest BCUT2D eigenvalue weighted by Crippen LogP contribution is 2.33. The Morgan fingerprint density at radius 1 is 1.00 bits per heavy atom. The second kappa shape index (κ2) is 14.4. The summed E-state index contributed by atoms with van der Waals surface area (Å²) < 4.78 is 42.1. The molecular weight excluding hydrogens is 620 g/mol. The number of ether oxygens (including phenoxy) is 2. The van der Waals surface area contributed by atoms with E-state index in [2.05, 4.69) is 41.8 Å². The number of hydrogen-bond acceptors (Lipinski definition) is 12. The number of rotatable bonds is 11. The van der Waals surface area contributed by atoms with E-state index in [-0.39, 0.29) is 16.9 Å². The molecule has 4 aromatic rings. The van der Waals surface area contributed by atoms with Crippen LogP contribution in [0.15, 0.2) is 60.0 Å². The number of hydrogen-bond donors (Lipinski definition) is 1. The van der Waals surface area contributed by atoms with E-state index in [1.807, 2.05) is 6.92 Å². The fourth-order valence-electron chi connectivity index (χ4n) is 6.16. The number of sulfonamides is 1. The van der Waals surface area contributed by atoms with Gasteiger partial charge in [0.25, 0.3) is 0 Å². The van der Waals surface area contributed by atoms with E-state index in [1.54, 1.807) is 57.8 Å². The molecule has 0 spiro atoms. The van der Waals surface area contributed by atoms with Gasteiger partial charge in [-0.25, -0.2) is 23.1 Å². The molecule has 0 radical (unpaired) electrons. The van der Waals surface area contributed by atoms with E-state index in [9.17, 15) is 13.7 Å². The van der Waals surface area contributed by atoms with Gasteiger partial charge in [-0.15, -0.1) is 5.10 Å². The standard InChI is InChI=1S/C32H38N10O4S/c1-23(21-41-22-36-38-39-41)46-31-16-24(6-7-25(31)18-33)26-19-34-32(35-20-26)37-29-17-28(8-9-30(29)45-2)47(43,44)42-14-10-27(11-15-42)40-12-4-3-5-13-40/h6-9,16-17,19-20,22-23,27H,3-5,10-15,21H2,1-2H3,(H,34,35,37)/t23-/m0/s1. The Bertz CT molecular complexity index is 1800. The number of likely N-dealkylation sites (tertiary alicyclic amines) is 1. The average molecular weight is 659 g/mol. The van der Waals surface area contributed by atoms with Crippen LogP contribution in [0.5, 0.6) is 11.5 Å². The lowest BCUT2D eigenvalue weighted by molar-refractivity contribution is 0.118. The highest BCUT2D eigenvalue weighted by Gasteiger charge is 2.32. The average Bonchev–Trinajstić information content (AvgIpc) is 3.62. The number of tetrazole rings is 1. The highest BCUT2D eigenvalue weighted by molar-refractivity contribution is 7.89. The van der Waals surface area contributed by atoms with Crippen LogP contribution in [0.2, 0.25) is 0 Å². The third kappa shape index (κ3) is 7.51. The first-order valence-corrected chi connectivity index (χ1v) is 17.2.